The van der Waals surface area contributed by atoms with Crippen LogP contribution >= 0.6 is 0 Å². The first kappa shape index (κ1) is 21.7. The second-order valence-corrected chi connectivity index (χ2v) is 8.10. The average molecular weight is 405 g/mol. The molecule has 2 aromatic carbocycles. The molecule has 0 atom stereocenters. The number of benzene rings is 2. The van der Waals surface area contributed by atoms with Crippen LogP contribution in [0.3, 0.4) is 0 Å². The summed E-state index contributed by atoms with van der Waals surface area (Å²) >= 11 is 0. The number of methoxy groups -OCH3 is 1. The Morgan fingerprint density at radius 2 is 1.75 bits per heavy atom. The zero-order chi connectivity index (χ0) is 20.6. The van der Waals surface area contributed by atoms with Crippen LogP contribution in [0.4, 0.5) is 0 Å². The normalized spacial score (nSPS) is 11.9. The van der Waals surface area contributed by atoms with Gasteiger partial charge in [0.05, 0.1) is 12.0 Å². The molecule has 152 valence electrons. The Kier molecular flexibility index (Phi) is 7.83. The summed E-state index contributed by atoms with van der Waals surface area (Å²) in [4.78, 5) is 4.46. The monoisotopic (exact) mass is 404 g/mol. The molecule has 0 saturated heterocycles. The minimum Gasteiger partial charge on any atom is -0.497 e. The Morgan fingerprint density at radius 1 is 1.04 bits per heavy atom. The van der Waals surface area contributed by atoms with Crippen LogP contribution < -0.4 is 20.1 Å². The summed E-state index contributed by atoms with van der Waals surface area (Å²) in [5.41, 5.74) is 2.72. The van der Waals surface area contributed by atoms with Crippen molar-refractivity contribution in [3.63, 3.8) is 0 Å². The fraction of sp³-hybridized carbons (Fsp3) is 0.350. The van der Waals surface area contributed by atoms with E-state index in [-0.39, 0.29) is 6.54 Å². The lowest BCUT2D eigenvalue weighted by atomic mass is 10.2. The van der Waals surface area contributed by atoms with Crippen LogP contribution in [0, 0.1) is 13.8 Å². The number of aliphatic imine (C=N–C) groups is 1. The SMILES string of the molecule is CN=C(NCCNS(=O)(=O)c1cc(C)ccc1C)NCc1ccc(OC)cc1. The predicted molar refractivity (Wildman–Crippen MR) is 112 cm³/mol. The number of aryl methyl sites for hydroxylation is 2. The molecule has 0 spiro atoms. The molecule has 28 heavy (non-hydrogen) atoms. The lowest BCUT2D eigenvalue weighted by molar-refractivity contribution is 0.414. The van der Waals surface area contributed by atoms with Gasteiger partial charge in [0.2, 0.25) is 10.0 Å². The molecule has 0 saturated carbocycles. The summed E-state index contributed by atoms with van der Waals surface area (Å²) < 4.78 is 32.7. The molecule has 0 fully saturated rings. The Labute approximate surface area is 167 Å². The van der Waals surface area contributed by atoms with Crippen LogP contribution in [0.15, 0.2) is 52.4 Å². The van der Waals surface area contributed by atoms with Gasteiger partial charge in [-0.25, -0.2) is 13.1 Å². The molecule has 2 rings (SSSR count). The molecule has 0 aliphatic carbocycles. The van der Waals surface area contributed by atoms with Crippen molar-refractivity contribution in [1.29, 1.82) is 0 Å². The number of sulfonamides is 1. The Hall–Kier alpha value is -2.58. The molecule has 0 radical (unpaired) electrons. The van der Waals surface area contributed by atoms with Crippen molar-refractivity contribution in [2.24, 2.45) is 4.99 Å². The summed E-state index contributed by atoms with van der Waals surface area (Å²) in [6.07, 6.45) is 0. The summed E-state index contributed by atoms with van der Waals surface area (Å²) in [6, 6.07) is 13.1. The topological polar surface area (TPSA) is 91.8 Å². The van der Waals surface area contributed by atoms with Crippen LogP contribution in [0.2, 0.25) is 0 Å². The first-order chi connectivity index (χ1) is 13.4. The second-order valence-electron chi connectivity index (χ2n) is 6.37. The summed E-state index contributed by atoms with van der Waals surface area (Å²) in [6.45, 7) is 4.92. The van der Waals surface area contributed by atoms with E-state index < -0.39 is 10.0 Å². The largest absolute Gasteiger partial charge is 0.497 e. The van der Waals surface area contributed by atoms with Gasteiger partial charge >= 0.3 is 0 Å². The summed E-state index contributed by atoms with van der Waals surface area (Å²) in [5.74, 6) is 1.41. The first-order valence-corrected chi connectivity index (χ1v) is 10.5. The van der Waals surface area contributed by atoms with Crippen molar-refractivity contribution in [2.45, 2.75) is 25.3 Å². The Morgan fingerprint density at radius 3 is 2.39 bits per heavy atom. The molecule has 0 aliphatic heterocycles. The maximum absolute atomic E-state index is 12.5. The van der Waals surface area contributed by atoms with E-state index in [1.807, 2.05) is 43.3 Å². The lowest BCUT2D eigenvalue weighted by Gasteiger charge is -2.13. The molecule has 0 unspecified atom stereocenters. The molecule has 0 aromatic heterocycles. The molecule has 0 heterocycles. The van der Waals surface area contributed by atoms with Crippen LogP contribution in [-0.2, 0) is 16.6 Å². The standard InChI is InChI=1S/C20H28N4O3S/c1-15-5-6-16(2)19(13-15)28(25,26)24-12-11-22-20(21-3)23-14-17-7-9-18(27-4)10-8-17/h5-10,13,24H,11-12,14H2,1-4H3,(H2,21,22,23). The van der Waals surface area contributed by atoms with Crippen LogP contribution in [0.25, 0.3) is 0 Å². The van der Waals surface area contributed by atoms with E-state index >= 15 is 0 Å². The Bertz CT molecular complexity index is 910. The second kappa shape index (κ2) is 10.1. The molecule has 7 nitrogen and oxygen atoms in total. The van der Waals surface area contributed by atoms with E-state index in [1.165, 1.54) is 0 Å². The van der Waals surface area contributed by atoms with Gasteiger partial charge in [0.1, 0.15) is 5.75 Å². The van der Waals surface area contributed by atoms with Gasteiger partial charge in [-0.3, -0.25) is 4.99 Å². The molecule has 0 bridgehead atoms. The average Bonchev–Trinajstić information content (AvgIpc) is 2.69. The van der Waals surface area contributed by atoms with E-state index in [0.29, 0.717) is 23.9 Å². The lowest BCUT2D eigenvalue weighted by Crippen LogP contribution is -2.41. The Balaban J connectivity index is 1.81. The first-order valence-electron chi connectivity index (χ1n) is 9.00. The van der Waals surface area contributed by atoms with E-state index in [1.54, 1.807) is 27.1 Å². The molecule has 0 aliphatic rings. The zero-order valence-corrected chi connectivity index (χ0v) is 17.6. The third kappa shape index (κ3) is 6.24. The molecular formula is C20H28N4O3S. The van der Waals surface area contributed by atoms with Gasteiger partial charge in [0.15, 0.2) is 5.96 Å². The van der Waals surface area contributed by atoms with Crippen molar-refractivity contribution in [1.82, 2.24) is 15.4 Å². The van der Waals surface area contributed by atoms with Crippen molar-refractivity contribution >= 4 is 16.0 Å². The van der Waals surface area contributed by atoms with Crippen LogP contribution in [0.1, 0.15) is 16.7 Å². The highest BCUT2D eigenvalue weighted by Crippen LogP contribution is 2.16. The van der Waals surface area contributed by atoms with E-state index in [4.69, 9.17) is 4.74 Å². The highest BCUT2D eigenvalue weighted by molar-refractivity contribution is 7.89. The van der Waals surface area contributed by atoms with Gasteiger partial charge in [-0.05, 0) is 48.7 Å². The zero-order valence-electron chi connectivity index (χ0n) is 16.7. The fourth-order valence-corrected chi connectivity index (χ4v) is 3.95. The minimum atomic E-state index is -3.54. The van der Waals surface area contributed by atoms with Crippen LogP contribution in [0.5, 0.6) is 5.75 Å². The van der Waals surface area contributed by atoms with Gasteiger partial charge in [-0.2, -0.15) is 0 Å². The van der Waals surface area contributed by atoms with Crippen molar-refractivity contribution in [2.75, 3.05) is 27.2 Å². The molecule has 0 amide bonds. The number of rotatable bonds is 8. The maximum Gasteiger partial charge on any atom is 0.240 e. The number of nitrogens with one attached hydrogen (secondary N) is 3. The number of hydrogen-bond donors (Lipinski definition) is 3. The smallest absolute Gasteiger partial charge is 0.240 e. The number of guanidine groups is 1. The van der Waals surface area contributed by atoms with Gasteiger partial charge in [-0.15, -0.1) is 0 Å². The van der Waals surface area contributed by atoms with Gasteiger partial charge in [0.25, 0.3) is 0 Å². The fourth-order valence-electron chi connectivity index (χ4n) is 2.59. The highest BCUT2D eigenvalue weighted by atomic mass is 32.2. The maximum atomic E-state index is 12.5. The molecular weight excluding hydrogens is 376 g/mol. The van der Waals surface area contributed by atoms with Gasteiger partial charge in [-0.1, -0.05) is 24.3 Å². The van der Waals surface area contributed by atoms with Gasteiger partial charge < -0.3 is 15.4 Å². The quantitative estimate of drug-likeness (QED) is 0.355. The number of ether oxygens (including phenoxy) is 1. The number of hydrogen-bond acceptors (Lipinski definition) is 4. The van der Waals surface area contributed by atoms with Crippen LogP contribution in [-0.4, -0.2) is 41.6 Å². The highest BCUT2D eigenvalue weighted by Gasteiger charge is 2.16. The van der Waals surface area contributed by atoms with Crippen molar-refractivity contribution in [3.8, 4) is 5.75 Å². The molecule has 2 aromatic rings. The third-order valence-corrected chi connectivity index (χ3v) is 5.79. The minimum absolute atomic E-state index is 0.249. The summed E-state index contributed by atoms with van der Waals surface area (Å²) in [5, 5.41) is 6.29. The van der Waals surface area contributed by atoms with Crippen molar-refractivity contribution < 1.29 is 13.2 Å². The van der Waals surface area contributed by atoms with E-state index in [0.717, 1.165) is 22.4 Å². The summed E-state index contributed by atoms with van der Waals surface area (Å²) in [7, 11) is -0.239. The third-order valence-electron chi connectivity index (χ3n) is 4.19. The van der Waals surface area contributed by atoms with Gasteiger partial charge in [0, 0.05) is 26.7 Å². The molecule has 8 heteroatoms. The number of nitrogens with zero attached hydrogens (tertiary/aromatic N) is 1. The predicted octanol–water partition coefficient (Wildman–Crippen LogP) is 1.96. The van der Waals surface area contributed by atoms with E-state index in [9.17, 15) is 8.42 Å². The van der Waals surface area contributed by atoms with E-state index in [2.05, 4.69) is 20.3 Å². The molecule has 3 N–H and O–H groups in total. The van der Waals surface area contributed by atoms with Crippen molar-refractivity contribution in [3.05, 3.63) is 59.2 Å².